The summed E-state index contributed by atoms with van der Waals surface area (Å²) in [5, 5.41) is 25.8. The zero-order valence-corrected chi connectivity index (χ0v) is 29.4. The van der Waals surface area contributed by atoms with E-state index in [-0.39, 0.29) is 34.5 Å². The number of hydrogen-bond donors (Lipinski definition) is 3. The Kier molecular flexibility index (Phi) is 9.22. The number of carboxylic acid groups (broad SMARTS) is 1. The van der Waals surface area contributed by atoms with Crippen LogP contribution in [0.3, 0.4) is 0 Å². The molecule has 0 saturated heterocycles. The average molecular weight is 713 g/mol. The summed E-state index contributed by atoms with van der Waals surface area (Å²) < 4.78 is 29.4. The molecule has 0 radical (unpaired) electrons. The van der Waals surface area contributed by atoms with Crippen LogP contribution in [0, 0.1) is 17.1 Å². The van der Waals surface area contributed by atoms with Crippen molar-refractivity contribution >= 4 is 29.2 Å². The van der Waals surface area contributed by atoms with Gasteiger partial charge in [0.1, 0.15) is 34.2 Å². The highest BCUT2D eigenvalue weighted by atomic mass is 35.5. The van der Waals surface area contributed by atoms with E-state index in [0.29, 0.717) is 54.9 Å². The van der Waals surface area contributed by atoms with Crippen LogP contribution < -0.4 is 20.1 Å². The Labute approximate surface area is 299 Å². The monoisotopic (exact) mass is 712 g/mol. The van der Waals surface area contributed by atoms with E-state index in [4.69, 9.17) is 21.1 Å². The number of nitrogens with one attached hydrogen (secondary N) is 2. The zero-order chi connectivity index (χ0) is 36.0. The molecular weight excluding hydrogens is 675 g/mol. The topological polar surface area (TPSA) is 142 Å². The molecule has 0 spiro atoms. The minimum absolute atomic E-state index is 0.0704. The Hall–Kier alpha value is -4.96. The number of carbonyl (C=O) groups excluding carboxylic acids is 1. The smallest absolute Gasteiger partial charge is 0.323 e. The molecular formula is C38H38ClFN6O5. The number of rotatable bonds is 10. The minimum atomic E-state index is -1.09. The number of methoxy groups -OCH3 is 1. The van der Waals surface area contributed by atoms with Gasteiger partial charge in [0.15, 0.2) is 11.6 Å². The first-order chi connectivity index (χ1) is 24.5. The summed E-state index contributed by atoms with van der Waals surface area (Å²) in [5.41, 5.74) is 5.04. The first-order valence-electron chi connectivity index (χ1n) is 16.9. The van der Waals surface area contributed by atoms with Crippen LogP contribution in [0.5, 0.6) is 11.5 Å². The summed E-state index contributed by atoms with van der Waals surface area (Å²) >= 11 is 6.53. The molecule has 3 N–H and O–H groups in total. The lowest BCUT2D eigenvalue weighted by Gasteiger charge is -2.38. The van der Waals surface area contributed by atoms with Crippen molar-refractivity contribution in [3.8, 4) is 28.7 Å². The summed E-state index contributed by atoms with van der Waals surface area (Å²) in [6, 6.07) is 15.0. The van der Waals surface area contributed by atoms with Crippen LogP contribution in [0.25, 0.3) is 11.1 Å². The number of fused-ring (bicyclic) bond motifs is 2. The predicted molar refractivity (Wildman–Crippen MR) is 189 cm³/mol. The number of anilines is 1. The molecule has 0 bridgehead atoms. The Balaban J connectivity index is 1.14. The summed E-state index contributed by atoms with van der Waals surface area (Å²) in [5.74, 6) is -1.49. The highest BCUT2D eigenvalue weighted by Crippen LogP contribution is 2.45. The lowest BCUT2D eigenvalue weighted by Crippen LogP contribution is -2.56. The summed E-state index contributed by atoms with van der Waals surface area (Å²) in [6.45, 7) is 1.49. The number of imidazole rings is 1. The third kappa shape index (κ3) is 6.09. The molecule has 1 saturated carbocycles. The van der Waals surface area contributed by atoms with Gasteiger partial charge in [0.25, 0.3) is 5.91 Å². The van der Waals surface area contributed by atoms with Crippen LogP contribution >= 0.6 is 11.6 Å². The van der Waals surface area contributed by atoms with E-state index in [0.717, 1.165) is 47.5 Å². The normalized spacial score (nSPS) is 17.5. The van der Waals surface area contributed by atoms with Gasteiger partial charge in [-0.2, -0.15) is 5.26 Å². The summed E-state index contributed by atoms with van der Waals surface area (Å²) in [7, 11) is 5.28. The van der Waals surface area contributed by atoms with Gasteiger partial charge in [0, 0.05) is 56.0 Å². The Morgan fingerprint density at radius 2 is 1.92 bits per heavy atom. The zero-order valence-electron chi connectivity index (χ0n) is 28.6. The van der Waals surface area contributed by atoms with E-state index < -0.39 is 23.4 Å². The minimum Gasteiger partial charge on any atom is -0.496 e. The molecule has 1 aromatic heterocycles. The summed E-state index contributed by atoms with van der Waals surface area (Å²) in [4.78, 5) is 32.1. The molecule has 11 nitrogen and oxygen atoms in total. The van der Waals surface area contributed by atoms with Crippen molar-refractivity contribution in [2.24, 2.45) is 7.05 Å². The molecule has 51 heavy (non-hydrogen) atoms. The second-order valence-electron chi connectivity index (χ2n) is 13.5. The Morgan fingerprint density at radius 1 is 1.16 bits per heavy atom. The van der Waals surface area contributed by atoms with Crippen LogP contribution in [0.15, 0.2) is 42.5 Å². The Morgan fingerprint density at radius 3 is 2.63 bits per heavy atom. The fraction of sp³-hybridized carbons (Fsp3) is 0.368. The number of carboxylic acids is 1. The maximum atomic E-state index is 15.7. The number of ether oxygens (including phenoxy) is 2. The van der Waals surface area contributed by atoms with E-state index in [2.05, 4.69) is 26.6 Å². The molecule has 2 aliphatic carbocycles. The Bertz CT molecular complexity index is 2110. The average Bonchev–Trinajstić information content (AvgIpc) is 3.66. The second-order valence-corrected chi connectivity index (χ2v) is 13.8. The van der Waals surface area contributed by atoms with Crippen molar-refractivity contribution in [2.45, 2.75) is 63.3 Å². The number of aromatic nitrogens is 2. The molecule has 1 atom stereocenters. The van der Waals surface area contributed by atoms with E-state index >= 15 is 4.39 Å². The fourth-order valence-corrected chi connectivity index (χ4v) is 7.70. The molecule has 4 aromatic rings. The van der Waals surface area contributed by atoms with Crippen molar-refractivity contribution in [2.75, 3.05) is 26.0 Å². The molecule has 1 unspecified atom stereocenters. The molecule has 2 heterocycles. The van der Waals surface area contributed by atoms with Crippen molar-refractivity contribution in [1.29, 1.82) is 5.26 Å². The number of benzene rings is 3. The van der Waals surface area contributed by atoms with Crippen molar-refractivity contribution in [1.82, 2.24) is 19.8 Å². The van der Waals surface area contributed by atoms with Gasteiger partial charge < -0.3 is 29.4 Å². The molecule has 1 fully saturated rings. The molecule has 3 aromatic carbocycles. The number of likely N-dealkylation sites (N-methyl/N-ethyl adjacent to an activating group) is 1. The third-order valence-corrected chi connectivity index (χ3v) is 10.9. The third-order valence-electron chi connectivity index (χ3n) is 10.5. The number of amides is 1. The van der Waals surface area contributed by atoms with Gasteiger partial charge in [0.05, 0.1) is 24.1 Å². The van der Waals surface area contributed by atoms with Gasteiger partial charge in [-0.05, 0) is 61.9 Å². The lowest BCUT2D eigenvalue weighted by atomic mass is 9.76. The van der Waals surface area contributed by atoms with E-state index in [1.807, 2.05) is 42.9 Å². The number of halogens is 2. The molecule has 3 aliphatic rings. The number of nitrogens with zero attached hydrogens (tertiary/aromatic N) is 4. The number of carbonyl (C=O) groups is 2. The number of hydrogen-bond acceptors (Lipinski definition) is 8. The van der Waals surface area contributed by atoms with E-state index in [1.54, 1.807) is 12.1 Å². The lowest BCUT2D eigenvalue weighted by molar-refractivity contribution is -0.148. The molecule has 13 heteroatoms. The van der Waals surface area contributed by atoms with Crippen LogP contribution in [0.1, 0.15) is 76.0 Å². The van der Waals surface area contributed by atoms with Crippen LogP contribution in [-0.4, -0.2) is 57.7 Å². The maximum Gasteiger partial charge on any atom is 0.323 e. The van der Waals surface area contributed by atoms with Crippen LogP contribution in [0.4, 0.5) is 10.1 Å². The van der Waals surface area contributed by atoms with E-state index in [1.165, 1.54) is 13.2 Å². The highest BCUT2D eigenvalue weighted by molar-refractivity contribution is 6.32. The number of nitriles is 1. The largest absolute Gasteiger partial charge is 0.496 e. The van der Waals surface area contributed by atoms with Gasteiger partial charge in [-0.25, -0.2) is 9.37 Å². The van der Waals surface area contributed by atoms with E-state index in [9.17, 15) is 20.0 Å². The van der Waals surface area contributed by atoms with Gasteiger partial charge in [0.2, 0.25) is 0 Å². The van der Waals surface area contributed by atoms with Crippen molar-refractivity contribution in [3.63, 3.8) is 0 Å². The van der Waals surface area contributed by atoms with Gasteiger partial charge in [-0.3, -0.25) is 14.9 Å². The van der Waals surface area contributed by atoms with Crippen molar-refractivity contribution in [3.05, 3.63) is 92.8 Å². The SMILES string of the molecule is COc1cc(OC2CCc3c(-c4cccc(NC(=O)c5nc6c(n5C)CCN(C)C6)c4C#N)cccc32)c(Cl)c(F)c1CNC1(C(=O)O)CCC1. The highest BCUT2D eigenvalue weighted by Gasteiger charge is 2.44. The van der Waals surface area contributed by atoms with Gasteiger partial charge in [-0.1, -0.05) is 41.9 Å². The van der Waals surface area contributed by atoms with Gasteiger partial charge in [-0.15, -0.1) is 0 Å². The van der Waals surface area contributed by atoms with Crippen LogP contribution in [0.2, 0.25) is 5.02 Å². The predicted octanol–water partition coefficient (Wildman–Crippen LogP) is 6.16. The quantitative estimate of drug-likeness (QED) is 0.176. The van der Waals surface area contributed by atoms with Crippen molar-refractivity contribution < 1.29 is 28.6 Å². The summed E-state index contributed by atoms with van der Waals surface area (Å²) in [6.07, 6.45) is 3.25. The molecule has 1 amide bonds. The standard InChI is InChI=1S/C38H38ClFN6O5/c1-45-16-13-29-28(20-45)43-35(46(29)2)36(47)44-27-10-5-8-22(25(27)18-41)21-7-4-9-24-23(21)11-12-30(24)51-32-17-31(50-3)26(34(40)33(32)39)19-42-38(37(48)49)14-6-15-38/h4-5,7-10,17,30,42H,6,11-16,19-20H2,1-3H3,(H,44,47)(H,48,49). The molecule has 7 rings (SSSR count). The molecule has 1 aliphatic heterocycles. The number of aliphatic carboxylic acids is 1. The fourth-order valence-electron chi connectivity index (χ4n) is 7.49. The van der Waals surface area contributed by atoms with Crippen LogP contribution in [-0.2, 0) is 37.8 Å². The van der Waals surface area contributed by atoms with Gasteiger partial charge >= 0.3 is 5.97 Å². The second kappa shape index (κ2) is 13.6. The molecule has 264 valence electrons. The first kappa shape index (κ1) is 34.5. The first-order valence-corrected chi connectivity index (χ1v) is 17.3. The maximum absolute atomic E-state index is 15.7.